The van der Waals surface area contributed by atoms with E-state index in [0.717, 1.165) is 64.9 Å². The van der Waals surface area contributed by atoms with Gasteiger partial charge in [0, 0.05) is 36.0 Å². The number of nitrogens with zero attached hydrogens (tertiary/aromatic N) is 5. The van der Waals surface area contributed by atoms with Gasteiger partial charge in [-0.3, -0.25) is 9.59 Å². The van der Waals surface area contributed by atoms with Gasteiger partial charge in [-0.05, 0) is 67.9 Å². The number of hydrogen-bond acceptors (Lipinski definition) is 9. The zero-order valence-electron chi connectivity index (χ0n) is 31.6. The number of fused-ring (bicyclic) bond motifs is 1. The van der Waals surface area contributed by atoms with Crippen molar-refractivity contribution in [3.63, 3.8) is 0 Å². The number of alkyl carbamates (subject to hydrolysis) is 1. The molecule has 0 spiro atoms. The summed E-state index contributed by atoms with van der Waals surface area (Å²) in [4.78, 5) is 72.8. The fourth-order valence-corrected chi connectivity index (χ4v) is 7.12. The Hall–Kier alpha value is -5.68. The van der Waals surface area contributed by atoms with Gasteiger partial charge in [-0.1, -0.05) is 51.7 Å². The van der Waals surface area contributed by atoms with Crippen LogP contribution in [0.15, 0.2) is 53.7 Å². The first kappa shape index (κ1) is 38.1. The summed E-state index contributed by atoms with van der Waals surface area (Å²) in [5, 5.41) is 2.69. The molecule has 2 fully saturated rings. The number of H-pyrrole nitrogens is 2. The van der Waals surface area contributed by atoms with Gasteiger partial charge in [-0.25, -0.2) is 19.8 Å². The first-order valence-corrected chi connectivity index (χ1v) is 18.4. The molecule has 14 heteroatoms. The summed E-state index contributed by atoms with van der Waals surface area (Å²) in [5.74, 6) is 7.65. The van der Waals surface area contributed by atoms with Gasteiger partial charge in [0.25, 0.3) is 0 Å². The smallest absolute Gasteiger partial charge is 0.407 e. The maximum absolute atomic E-state index is 13.5. The third-order valence-electron chi connectivity index (χ3n) is 9.97. The number of nitrogens with one attached hydrogen (secondary N) is 3. The van der Waals surface area contributed by atoms with Crippen LogP contribution >= 0.6 is 0 Å². The molecule has 2 aliphatic rings. The summed E-state index contributed by atoms with van der Waals surface area (Å²) in [6, 6.07) is 12.1. The molecule has 2 saturated heterocycles. The second-order valence-electron chi connectivity index (χ2n) is 14.3. The van der Waals surface area contributed by atoms with Crippen LogP contribution in [0.3, 0.4) is 0 Å². The first-order valence-electron chi connectivity index (χ1n) is 18.4. The monoisotopic (exact) mass is 736 g/mol. The highest BCUT2D eigenvalue weighted by Gasteiger charge is 2.38. The Bertz CT molecular complexity index is 2040. The number of amides is 3. The third-order valence-corrected chi connectivity index (χ3v) is 9.97. The van der Waals surface area contributed by atoms with E-state index in [0.29, 0.717) is 18.9 Å². The van der Waals surface area contributed by atoms with Crippen LogP contribution in [0.25, 0.3) is 22.3 Å². The highest BCUT2D eigenvalue weighted by molar-refractivity contribution is 5.86. The van der Waals surface area contributed by atoms with Crippen LogP contribution in [-0.2, 0) is 24.1 Å². The molecule has 0 bridgehead atoms. The van der Waals surface area contributed by atoms with Crippen LogP contribution in [-0.4, -0.2) is 93.4 Å². The van der Waals surface area contributed by atoms with Crippen LogP contribution in [0, 0.1) is 23.7 Å². The summed E-state index contributed by atoms with van der Waals surface area (Å²) < 4.78 is 4.75. The van der Waals surface area contributed by atoms with Crippen molar-refractivity contribution in [3.8, 4) is 23.1 Å². The van der Waals surface area contributed by atoms with Gasteiger partial charge in [0.15, 0.2) is 0 Å². The van der Waals surface area contributed by atoms with Crippen molar-refractivity contribution in [1.29, 1.82) is 0 Å². The van der Waals surface area contributed by atoms with Gasteiger partial charge in [-0.15, -0.1) is 0 Å². The standard InChI is InChI=1S/C40H48N8O6/c1-24(2)34(42-23-54-53-6)38(49)48-20-8-10-33(48)37-43-29-18-15-27(21-30(29)44-37)12-11-26-13-16-28(17-14-26)31-22-41-36(45-31)32-9-7-19-47(32)39(50)35(25(3)4)46-40(51)52-5/h13-18,21-25,32-35H,7-10,19-20H2,1-6H3,(H,41,45)(H,43,44)(H,46,51)/b42-23+/t32-,33-,34-,35+/m0/s1. The molecule has 2 aromatic heterocycles. The fourth-order valence-electron chi connectivity index (χ4n) is 7.12. The fraction of sp³-hybridized carbons (Fsp3) is 0.450. The molecule has 0 radical (unpaired) electrons. The predicted octanol–water partition coefficient (Wildman–Crippen LogP) is 5.69. The third kappa shape index (κ3) is 8.42. The average Bonchev–Trinajstić information content (AvgIpc) is 4.00. The largest absolute Gasteiger partial charge is 0.453 e. The van der Waals surface area contributed by atoms with E-state index in [-0.39, 0.29) is 35.7 Å². The van der Waals surface area contributed by atoms with E-state index in [9.17, 15) is 14.4 Å². The summed E-state index contributed by atoms with van der Waals surface area (Å²) in [6.07, 6.45) is 5.72. The molecule has 0 aliphatic carbocycles. The molecule has 3 amide bonds. The maximum atomic E-state index is 13.5. The van der Waals surface area contributed by atoms with Crippen LogP contribution < -0.4 is 5.32 Å². The Kier molecular flexibility index (Phi) is 12.0. The number of carbonyl (C=O) groups excluding carboxylic acids is 3. The molecular weight excluding hydrogens is 688 g/mol. The number of ether oxygens (including phenoxy) is 1. The Morgan fingerprint density at radius 1 is 0.889 bits per heavy atom. The highest BCUT2D eigenvalue weighted by Crippen LogP contribution is 2.34. The number of carbonyl (C=O) groups is 3. The Balaban J connectivity index is 1.12. The van der Waals surface area contributed by atoms with Crippen molar-refractivity contribution in [2.75, 3.05) is 27.3 Å². The van der Waals surface area contributed by atoms with E-state index in [4.69, 9.17) is 19.6 Å². The van der Waals surface area contributed by atoms with Gasteiger partial charge >= 0.3 is 6.09 Å². The molecular formula is C40H48N8O6. The first-order chi connectivity index (χ1) is 26.1. The summed E-state index contributed by atoms with van der Waals surface area (Å²) in [5.41, 5.74) is 5.03. The molecule has 54 heavy (non-hydrogen) atoms. The molecule has 284 valence electrons. The van der Waals surface area contributed by atoms with Gasteiger partial charge in [0.1, 0.15) is 23.7 Å². The van der Waals surface area contributed by atoms with Crippen molar-refractivity contribution < 1.29 is 28.9 Å². The van der Waals surface area contributed by atoms with Crippen molar-refractivity contribution in [2.24, 2.45) is 16.8 Å². The lowest BCUT2D eigenvalue weighted by molar-refractivity contribution is -0.188. The Morgan fingerprint density at radius 2 is 1.56 bits per heavy atom. The molecule has 4 aromatic rings. The SMILES string of the molecule is COO/C=N/[C@H](C(=O)N1CCC[C@H]1c1nc2cc(C#Cc3ccc(-c4c[nH]c([C@@H]5CCCN5C(=O)[C@H](NC(=O)OC)C(C)C)n4)cc3)ccc2[nH]1)C(C)C. The number of aromatic amines is 2. The van der Waals surface area contributed by atoms with Crippen LogP contribution in [0.5, 0.6) is 0 Å². The van der Waals surface area contributed by atoms with Crippen molar-refractivity contribution in [1.82, 2.24) is 35.1 Å². The molecule has 0 unspecified atom stereocenters. The van der Waals surface area contributed by atoms with Crippen molar-refractivity contribution in [3.05, 3.63) is 71.4 Å². The molecule has 4 heterocycles. The number of methoxy groups -OCH3 is 1. The number of hydrogen-bond donors (Lipinski definition) is 3. The summed E-state index contributed by atoms with van der Waals surface area (Å²) >= 11 is 0. The van der Waals surface area contributed by atoms with E-state index in [1.807, 2.05) is 81.3 Å². The van der Waals surface area contributed by atoms with Crippen LogP contribution in [0.2, 0.25) is 0 Å². The number of aromatic nitrogens is 4. The van der Waals surface area contributed by atoms with Crippen LogP contribution in [0.4, 0.5) is 4.79 Å². The second kappa shape index (κ2) is 17.0. The van der Waals surface area contributed by atoms with Gasteiger partial charge in [-0.2, -0.15) is 4.89 Å². The van der Waals surface area contributed by atoms with Crippen molar-refractivity contribution >= 4 is 35.3 Å². The number of imidazole rings is 2. The van der Waals surface area contributed by atoms with E-state index >= 15 is 0 Å². The minimum absolute atomic E-state index is 0.0175. The molecule has 2 aromatic carbocycles. The maximum Gasteiger partial charge on any atom is 0.407 e. The lowest BCUT2D eigenvalue weighted by Crippen LogP contribution is -2.51. The molecule has 6 rings (SSSR count). The molecule has 4 atom stereocenters. The number of benzene rings is 2. The topological polar surface area (TPSA) is 167 Å². The van der Waals surface area contributed by atoms with E-state index < -0.39 is 18.2 Å². The second-order valence-corrected chi connectivity index (χ2v) is 14.3. The lowest BCUT2D eigenvalue weighted by atomic mass is 10.0. The van der Waals surface area contributed by atoms with Gasteiger partial charge in [0.05, 0.1) is 43.0 Å². The summed E-state index contributed by atoms with van der Waals surface area (Å²) in [6.45, 7) is 8.94. The minimum Gasteiger partial charge on any atom is -0.453 e. The van der Waals surface area contributed by atoms with E-state index in [1.54, 1.807) is 4.90 Å². The minimum atomic E-state index is -0.688. The number of aliphatic imine (C=N–C) groups is 1. The zero-order chi connectivity index (χ0) is 38.4. The zero-order valence-corrected chi connectivity index (χ0v) is 31.6. The quantitative estimate of drug-likeness (QED) is 0.0581. The van der Waals surface area contributed by atoms with E-state index in [2.05, 4.69) is 37.0 Å². The molecule has 2 aliphatic heterocycles. The number of likely N-dealkylation sites (tertiary alicyclic amines) is 2. The Labute approximate surface area is 315 Å². The summed E-state index contributed by atoms with van der Waals surface area (Å²) in [7, 11) is 2.68. The molecule has 0 saturated carbocycles. The number of rotatable bonds is 11. The van der Waals surface area contributed by atoms with Crippen LogP contribution in [0.1, 0.15) is 88.2 Å². The van der Waals surface area contributed by atoms with E-state index in [1.165, 1.54) is 20.6 Å². The van der Waals surface area contributed by atoms with Crippen molar-refractivity contribution in [2.45, 2.75) is 77.5 Å². The Morgan fingerprint density at radius 3 is 2.22 bits per heavy atom. The predicted molar refractivity (Wildman–Crippen MR) is 203 cm³/mol. The van der Waals surface area contributed by atoms with Gasteiger partial charge in [0.2, 0.25) is 18.2 Å². The van der Waals surface area contributed by atoms with Gasteiger partial charge < -0.3 is 34.7 Å². The normalized spacial score (nSPS) is 18.3. The average molecular weight is 737 g/mol. The lowest BCUT2D eigenvalue weighted by Gasteiger charge is -2.29. The molecule has 3 N–H and O–H groups in total. The highest BCUT2D eigenvalue weighted by atomic mass is 17.2. The molecule has 14 nitrogen and oxygen atoms in total.